The molecule has 2 unspecified atom stereocenters. The molecule has 1 aliphatic carbocycles. The highest BCUT2D eigenvalue weighted by molar-refractivity contribution is 6.01. The normalized spacial score (nSPS) is 22.6. The molecule has 3 atom stereocenters. The molecule has 2 N–H and O–H groups in total. The smallest absolute Gasteiger partial charge is 0.319 e. The predicted molar refractivity (Wildman–Crippen MR) is 110 cm³/mol. The van der Waals surface area contributed by atoms with Gasteiger partial charge in [-0.2, -0.15) is 0 Å². The molecule has 0 radical (unpaired) electrons. The maximum atomic E-state index is 12.5. The number of nitrogens with zero attached hydrogens (tertiary/aromatic N) is 2. The standard InChI is InChI=1S/C22H22N4O2/c1-28-20-8-3-2-7-19(20)26-12-16-17(13-26)21(16)25-22(27)24-18-6-4-5-14-11-23-10-9-15(14)18/h2-11,16-17,21H,12-13H2,1H3,(H2,24,25,27)/t16-,17?,21?/m0/s1. The molecule has 1 aromatic heterocycles. The summed E-state index contributed by atoms with van der Waals surface area (Å²) in [7, 11) is 1.70. The quantitative estimate of drug-likeness (QED) is 0.734. The summed E-state index contributed by atoms with van der Waals surface area (Å²) in [6, 6.07) is 15.9. The molecule has 142 valence electrons. The van der Waals surface area contributed by atoms with Crippen LogP contribution in [-0.2, 0) is 0 Å². The second kappa shape index (κ2) is 6.71. The molecule has 1 saturated heterocycles. The summed E-state index contributed by atoms with van der Waals surface area (Å²) in [4.78, 5) is 19.0. The van der Waals surface area contributed by atoms with E-state index in [0.717, 1.165) is 41.0 Å². The van der Waals surface area contributed by atoms with Gasteiger partial charge in [-0.05, 0) is 24.3 Å². The van der Waals surface area contributed by atoms with E-state index in [4.69, 9.17) is 4.74 Å². The molecule has 1 saturated carbocycles. The van der Waals surface area contributed by atoms with Crippen molar-refractivity contribution in [2.75, 3.05) is 30.4 Å². The largest absolute Gasteiger partial charge is 0.495 e. The lowest BCUT2D eigenvalue weighted by atomic mass is 10.1. The first-order chi connectivity index (χ1) is 13.7. The van der Waals surface area contributed by atoms with Crippen LogP contribution in [0.1, 0.15) is 0 Å². The van der Waals surface area contributed by atoms with Crippen LogP contribution in [0.15, 0.2) is 60.9 Å². The zero-order chi connectivity index (χ0) is 19.1. The van der Waals surface area contributed by atoms with Crippen LogP contribution in [0.2, 0.25) is 0 Å². The lowest BCUT2D eigenvalue weighted by Gasteiger charge is -2.24. The lowest BCUT2D eigenvalue weighted by Crippen LogP contribution is -2.37. The van der Waals surface area contributed by atoms with E-state index in [0.29, 0.717) is 11.8 Å². The van der Waals surface area contributed by atoms with E-state index in [1.54, 1.807) is 19.5 Å². The molecule has 2 heterocycles. The van der Waals surface area contributed by atoms with E-state index in [1.165, 1.54) is 0 Å². The Hall–Kier alpha value is -3.28. The third kappa shape index (κ3) is 2.91. The van der Waals surface area contributed by atoms with E-state index < -0.39 is 0 Å². The molecule has 6 nitrogen and oxygen atoms in total. The highest BCUT2D eigenvalue weighted by Gasteiger charge is 2.56. The van der Waals surface area contributed by atoms with Crippen LogP contribution in [0.3, 0.4) is 0 Å². The molecule has 5 rings (SSSR count). The lowest BCUT2D eigenvalue weighted by molar-refractivity contribution is 0.250. The fourth-order valence-electron chi connectivity index (χ4n) is 4.37. The Morgan fingerprint density at radius 1 is 1.11 bits per heavy atom. The molecular formula is C22H22N4O2. The van der Waals surface area contributed by atoms with Gasteiger partial charge in [0.1, 0.15) is 5.75 Å². The Bertz CT molecular complexity index is 1020. The third-order valence-electron chi connectivity index (χ3n) is 5.85. The summed E-state index contributed by atoms with van der Waals surface area (Å²) in [5.41, 5.74) is 1.93. The second-order valence-corrected chi connectivity index (χ2v) is 7.43. The Morgan fingerprint density at radius 3 is 2.75 bits per heavy atom. The van der Waals surface area contributed by atoms with E-state index in [9.17, 15) is 4.79 Å². The number of carbonyl (C=O) groups excluding carboxylic acids is 1. The SMILES string of the molecule is COc1ccccc1N1CC2C(NC(=O)Nc3cccc4cnccc34)[C@H]2C1. The van der Waals surface area contributed by atoms with Gasteiger partial charge in [0.25, 0.3) is 0 Å². The van der Waals surface area contributed by atoms with Gasteiger partial charge < -0.3 is 20.3 Å². The molecule has 28 heavy (non-hydrogen) atoms. The summed E-state index contributed by atoms with van der Waals surface area (Å²) < 4.78 is 5.47. The van der Waals surface area contributed by atoms with Gasteiger partial charge in [0.2, 0.25) is 0 Å². The number of hydrogen-bond donors (Lipinski definition) is 2. The van der Waals surface area contributed by atoms with Crippen LogP contribution < -0.4 is 20.3 Å². The minimum Gasteiger partial charge on any atom is -0.495 e. The van der Waals surface area contributed by atoms with Crippen molar-refractivity contribution in [2.24, 2.45) is 11.8 Å². The Morgan fingerprint density at radius 2 is 1.93 bits per heavy atom. The van der Waals surface area contributed by atoms with E-state index in [-0.39, 0.29) is 12.1 Å². The summed E-state index contributed by atoms with van der Waals surface area (Å²) in [5.74, 6) is 1.89. The first kappa shape index (κ1) is 16.9. The molecule has 2 amide bonds. The number of aromatic nitrogens is 1. The Labute approximate surface area is 163 Å². The zero-order valence-electron chi connectivity index (χ0n) is 15.6. The van der Waals surface area contributed by atoms with Gasteiger partial charge in [-0.15, -0.1) is 0 Å². The van der Waals surface area contributed by atoms with E-state index in [2.05, 4.69) is 26.6 Å². The minimum atomic E-state index is -0.146. The zero-order valence-corrected chi connectivity index (χ0v) is 15.6. The van der Waals surface area contributed by atoms with Gasteiger partial charge in [-0.1, -0.05) is 24.3 Å². The summed E-state index contributed by atoms with van der Waals surface area (Å²) in [6.45, 7) is 1.88. The number of amides is 2. The van der Waals surface area contributed by atoms with Gasteiger partial charge in [-0.3, -0.25) is 4.98 Å². The van der Waals surface area contributed by atoms with Crippen molar-refractivity contribution in [3.63, 3.8) is 0 Å². The molecule has 2 aromatic carbocycles. The van der Waals surface area contributed by atoms with Crippen LogP contribution >= 0.6 is 0 Å². The number of benzene rings is 2. The minimum absolute atomic E-state index is 0.146. The number of rotatable bonds is 4. The van der Waals surface area contributed by atoms with Crippen LogP contribution in [0.5, 0.6) is 5.75 Å². The van der Waals surface area contributed by atoms with Gasteiger partial charge in [-0.25, -0.2) is 4.79 Å². The van der Waals surface area contributed by atoms with Crippen LogP contribution in [0.25, 0.3) is 10.8 Å². The first-order valence-electron chi connectivity index (χ1n) is 9.53. The number of fused-ring (bicyclic) bond motifs is 2. The topological polar surface area (TPSA) is 66.5 Å². The van der Waals surface area contributed by atoms with Gasteiger partial charge in [0.05, 0.1) is 18.5 Å². The van der Waals surface area contributed by atoms with E-state index >= 15 is 0 Å². The molecule has 3 aromatic rings. The van der Waals surface area contributed by atoms with Crippen molar-refractivity contribution in [1.29, 1.82) is 0 Å². The summed E-state index contributed by atoms with van der Waals surface area (Å²) >= 11 is 0. The molecule has 0 bridgehead atoms. The average molecular weight is 374 g/mol. The average Bonchev–Trinajstić information content (AvgIpc) is 3.16. The molecule has 0 spiro atoms. The van der Waals surface area contributed by atoms with Gasteiger partial charge in [0.15, 0.2) is 0 Å². The van der Waals surface area contributed by atoms with Crippen molar-refractivity contribution in [1.82, 2.24) is 10.3 Å². The van der Waals surface area contributed by atoms with Crippen molar-refractivity contribution in [2.45, 2.75) is 6.04 Å². The van der Waals surface area contributed by atoms with Crippen molar-refractivity contribution in [3.8, 4) is 5.75 Å². The molecule has 6 heteroatoms. The van der Waals surface area contributed by atoms with Gasteiger partial charge >= 0.3 is 6.03 Å². The maximum absolute atomic E-state index is 12.5. The number of carbonyl (C=O) groups is 1. The number of hydrogen-bond acceptors (Lipinski definition) is 4. The maximum Gasteiger partial charge on any atom is 0.319 e. The number of ether oxygens (including phenoxy) is 1. The highest BCUT2D eigenvalue weighted by Crippen LogP contribution is 2.48. The van der Waals surface area contributed by atoms with Crippen LogP contribution in [-0.4, -0.2) is 37.3 Å². The Kier molecular flexibility index (Phi) is 4.04. The van der Waals surface area contributed by atoms with Crippen molar-refractivity contribution in [3.05, 3.63) is 60.9 Å². The van der Waals surface area contributed by atoms with Gasteiger partial charge in [0, 0.05) is 54.1 Å². The van der Waals surface area contributed by atoms with Crippen LogP contribution in [0.4, 0.5) is 16.2 Å². The van der Waals surface area contributed by atoms with Crippen LogP contribution in [0, 0.1) is 11.8 Å². The fraction of sp³-hybridized carbons (Fsp3) is 0.273. The Balaban J connectivity index is 1.21. The first-order valence-corrected chi connectivity index (χ1v) is 9.53. The number of urea groups is 1. The number of anilines is 2. The predicted octanol–water partition coefficient (Wildman–Crippen LogP) is 3.50. The third-order valence-corrected chi connectivity index (χ3v) is 5.85. The summed E-state index contributed by atoms with van der Waals surface area (Å²) in [5, 5.41) is 8.14. The summed E-state index contributed by atoms with van der Waals surface area (Å²) in [6.07, 6.45) is 3.54. The second-order valence-electron chi connectivity index (χ2n) is 7.43. The molecule has 1 aliphatic heterocycles. The number of para-hydroxylation sites is 2. The molecular weight excluding hydrogens is 352 g/mol. The number of nitrogens with one attached hydrogen (secondary N) is 2. The number of pyridine rings is 1. The highest BCUT2D eigenvalue weighted by atomic mass is 16.5. The monoisotopic (exact) mass is 374 g/mol. The van der Waals surface area contributed by atoms with Crippen molar-refractivity contribution < 1.29 is 9.53 Å². The number of piperidine rings is 1. The molecule has 2 aliphatic rings. The van der Waals surface area contributed by atoms with E-state index in [1.807, 2.05) is 42.5 Å². The molecule has 2 fully saturated rings. The number of methoxy groups -OCH3 is 1. The van der Waals surface area contributed by atoms with Crippen molar-refractivity contribution >= 4 is 28.2 Å². The fourth-order valence-corrected chi connectivity index (χ4v) is 4.37.